The van der Waals surface area contributed by atoms with E-state index >= 15 is 0 Å². The van der Waals surface area contributed by atoms with Crippen molar-refractivity contribution in [1.82, 2.24) is 9.62 Å². The third-order valence-electron chi connectivity index (χ3n) is 4.48. The number of benzene rings is 1. The van der Waals surface area contributed by atoms with Crippen LogP contribution in [0.4, 0.5) is 0 Å². The summed E-state index contributed by atoms with van der Waals surface area (Å²) in [5.41, 5.74) is 0.329. The van der Waals surface area contributed by atoms with E-state index in [9.17, 15) is 18.0 Å². The summed E-state index contributed by atoms with van der Waals surface area (Å²) in [6.07, 6.45) is 3.81. The maximum absolute atomic E-state index is 12.2. The van der Waals surface area contributed by atoms with Crippen molar-refractivity contribution in [2.24, 2.45) is 0 Å². The summed E-state index contributed by atoms with van der Waals surface area (Å²) in [4.78, 5) is 25.7. The minimum atomic E-state index is -3.91. The van der Waals surface area contributed by atoms with Gasteiger partial charge in [-0.15, -0.1) is 0 Å². The lowest BCUT2D eigenvalue weighted by atomic mass is 10.00. The van der Waals surface area contributed by atoms with Crippen LogP contribution in [0.1, 0.15) is 38.2 Å². The number of ether oxygens (including phenoxy) is 1. The second-order valence-electron chi connectivity index (χ2n) is 6.27. The minimum absolute atomic E-state index is 0.0653. The van der Waals surface area contributed by atoms with Gasteiger partial charge >= 0.3 is 5.97 Å². The number of likely N-dealkylation sites (tertiary alicyclic amines) is 1. The molecule has 1 aliphatic heterocycles. The fourth-order valence-electron chi connectivity index (χ4n) is 2.98. The topological polar surface area (TPSA) is 117 Å². The van der Waals surface area contributed by atoms with Crippen molar-refractivity contribution in [3.05, 3.63) is 29.8 Å². The van der Waals surface area contributed by atoms with E-state index in [0.717, 1.165) is 25.7 Å². The average molecular weight is 393 g/mol. The van der Waals surface area contributed by atoms with Gasteiger partial charge in [0.15, 0.2) is 6.61 Å². The predicted octanol–water partition coefficient (Wildman–Crippen LogP) is 1.17. The molecule has 1 aromatic carbocycles. The molecule has 1 aromatic rings. The summed E-state index contributed by atoms with van der Waals surface area (Å²) in [5.74, 6) is -1.09. The molecule has 2 rings (SSSR count). The molecular formula is C18H23N3O5S. The number of rotatable bonds is 7. The molecule has 1 saturated heterocycles. The number of esters is 1. The van der Waals surface area contributed by atoms with Crippen LogP contribution >= 0.6 is 0 Å². The number of carbonyl (C=O) groups excluding carboxylic acids is 2. The van der Waals surface area contributed by atoms with Gasteiger partial charge in [0.2, 0.25) is 10.0 Å². The Morgan fingerprint density at radius 3 is 2.63 bits per heavy atom. The Kier molecular flexibility index (Phi) is 7.33. The zero-order valence-corrected chi connectivity index (χ0v) is 16.0. The standard InChI is InChI=1S/C18H23N3O5S/c1-2-15-5-3-4-10-21(15)17(22)13-26-18(23)12-20-27(24,25)16-8-6-14(11-19)7-9-16/h6-9,15,20H,2-5,10,12-13H2,1H3/t15-/m0/s1. The molecule has 9 heteroatoms. The first-order valence-electron chi connectivity index (χ1n) is 8.82. The number of sulfonamides is 1. The van der Waals surface area contributed by atoms with Crippen molar-refractivity contribution in [1.29, 1.82) is 5.26 Å². The van der Waals surface area contributed by atoms with Crippen molar-refractivity contribution in [2.75, 3.05) is 19.7 Å². The van der Waals surface area contributed by atoms with Gasteiger partial charge in [0.25, 0.3) is 5.91 Å². The number of nitrogens with one attached hydrogen (secondary N) is 1. The van der Waals surface area contributed by atoms with E-state index in [1.165, 1.54) is 24.3 Å². The zero-order chi connectivity index (χ0) is 19.9. The Balaban J connectivity index is 1.83. The van der Waals surface area contributed by atoms with E-state index < -0.39 is 29.1 Å². The number of nitrogens with zero attached hydrogens (tertiary/aromatic N) is 2. The Hall–Kier alpha value is -2.44. The Morgan fingerprint density at radius 1 is 1.30 bits per heavy atom. The van der Waals surface area contributed by atoms with Crippen molar-refractivity contribution in [3.63, 3.8) is 0 Å². The lowest BCUT2D eigenvalue weighted by Gasteiger charge is -2.35. The molecule has 0 radical (unpaired) electrons. The fourth-order valence-corrected chi connectivity index (χ4v) is 3.94. The molecule has 0 bridgehead atoms. The van der Waals surface area contributed by atoms with Crippen LogP contribution in [0.25, 0.3) is 0 Å². The molecule has 1 atom stereocenters. The maximum atomic E-state index is 12.2. The van der Waals surface area contributed by atoms with E-state index in [-0.39, 0.29) is 16.8 Å². The predicted molar refractivity (Wildman–Crippen MR) is 96.9 cm³/mol. The van der Waals surface area contributed by atoms with Crippen LogP contribution in [0.2, 0.25) is 0 Å². The van der Waals surface area contributed by atoms with Crippen molar-refractivity contribution < 1.29 is 22.7 Å². The van der Waals surface area contributed by atoms with Gasteiger partial charge in [0.1, 0.15) is 6.54 Å². The Labute approximate surface area is 159 Å². The number of hydrogen-bond acceptors (Lipinski definition) is 6. The van der Waals surface area contributed by atoms with Gasteiger partial charge in [-0.2, -0.15) is 9.98 Å². The Morgan fingerprint density at radius 2 is 2.00 bits per heavy atom. The van der Waals surface area contributed by atoms with E-state index in [1.807, 2.05) is 13.0 Å². The van der Waals surface area contributed by atoms with Crippen LogP contribution < -0.4 is 4.72 Å². The summed E-state index contributed by atoms with van der Waals surface area (Å²) in [6, 6.07) is 7.35. The number of hydrogen-bond donors (Lipinski definition) is 1. The smallest absolute Gasteiger partial charge is 0.321 e. The summed E-state index contributed by atoms with van der Waals surface area (Å²) in [7, 11) is -3.91. The van der Waals surface area contributed by atoms with Gasteiger partial charge in [-0.1, -0.05) is 6.92 Å². The van der Waals surface area contributed by atoms with Crippen molar-refractivity contribution in [3.8, 4) is 6.07 Å². The van der Waals surface area contributed by atoms with Gasteiger partial charge in [0.05, 0.1) is 16.5 Å². The number of amides is 1. The zero-order valence-electron chi connectivity index (χ0n) is 15.2. The molecule has 1 amide bonds. The monoisotopic (exact) mass is 393 g/mol. The number of piperidine rings is 1. The highest BCUT2D eigenvalue weighted by Gasteiger charge is 2.26. The normalized spacial score (nSPS) is 17.2. The lowest BCUT2D eigenvalue weighted by molar-refractivity contribution is -0.152. The molecule has 0 aromatic heterocycles. The molecule has 1 heterocycles. The quantitative estimate of drug-likeness (QED) is 0.695. The maximum Gasteiger partial charge on any atom is 0.321 e. The van der Waals surface area contributed by atoms with Crippen LogP contribution in [0.15, 0.2) is 29.2 Å². The Bertz CT molecular complexity index is 814. The summed E-state index contributed by atoms with van der Waals surface area (Å²) >= 11 is 0. The van der Waals surface area contributed by atoms with Crippen LogP contribution in [0.3, 0.4) is 0 Å². The molecule has 146 valence electrons. The minimum Gasteiger partial charge on any atom is -0.455 e. The van der Waals surface area contributed by atoms with E-state index in [2.05, 4.69) is 4.72 Å². The largest absolute Gasteiger partial charge is 0.455 e. The van der Waals surface area contributed by atoms with Crippen LogP contribution in [0, 0.1) is 11.3 Å². The van der Waals surface area contributed by atoms with Gasteiger partial charge in [-0.05, 0) is 49.9 Å². The molecule has 8 nitrogen and oxygen atoms in total. The van der Waals surface area contributed by atoms with Gasteiger partial charge < -0.3 is 9.64 Å². The van der Waals surface area contributed by atoms with Crippen LogP contribution in [-0.2, 0) is 24.3 Å². The molecule has 0 saturated carbocycles. The first-order chi connectivity index (χ1) is 12.9. The van der Waals surface area contributed by atoms with E-state index in [4.69, 9.17) is 10.00 Å². The lowest BCUT2D eigenvalue weighted by Crippen LogP contribution is -2.45. The molecule has 1 aliphatic rings. The highest BCUT2D eigenvalue weighted by Crippen LogP contribution is 2.19. The van der Waals surface area contributed by atoms with E-state index in [0.29, 0.717) is 12.1 Å². The summed E-state index contributed by atoms with van der Waals surface area (Å²) in [5, 5.41) is 8.73. The average Bonchev–Trinajstić information content (AvgIpc) is 2.70. The molecule has 0 unspecified atom stereocenters. The number of carbonyl (C=O) groups is 2. The third-order valence-corrected chi connectivity index (χ3v) is 5.89. The van der Waals surface area contributed by atoms with Crippen LogP contribution in [0.5, 0.6) is 0 Å². The molecule has 0 spiro atoms. The summed E-state index contributed by atoms with van der Waals surface area (Å²) < 4.78 is 31.3. The first-order valence-corrected chi connectivity index (χ1v) is 10.3. The third kappa shape index (κ3) is 5.77. The number of nitriles is 1. The van der Waals surface area contributed by atoms with Crippen LogP contribution in [-0.4, -0.2) is 50.9 Å². The van der Waals surface area contributed by atoms with Gasteiger partial charge in [-0.3, -0.25) is 9.59 Å². The van der Waals surface area contributed by atoms with E-state index in [1.54, 1.807) is 4.90 Å². The SMILES string of the molecule is CC[C@H]1CCCCN1C(=O)COC(=O)CNS(=O)(=O)c1ccc(C#N)cc1. The van der Waals surface area contributed by atoms with Crippen molar-refractivity contribution in [2.45, 2.75) is 43.5 Å². The molecule has 27 heavy (non-hydrogen) atoms. The molecular weight excluding hydrogens is 370 g/mol. The molecule has 0 aliphatic carbocycles. The summed E-state index contributed by atoms with van der Waals surface area (Å²) in [6.45, 7) is 1.70. The molecule has 1 fully saturated rings. The highest BCUT2D eigenvalue weighted by molar-refractivity contribution is 7.89. The highest BCUT2D eigenvalue weighted by atomic mass is 32.2. The van der Waals surface area contributed by atoms with Gasteiger partial charge in [0, 0.05) is 12.6 Å². The first kappa shape index (κ1) is 20.9. The van der Waals surface area contributed by atoms with Crippen molar-refractivity contribution >= 4 is 21.9 Å². The second-order valence-corrected chi connectivity index (χ2v) is 8.03. The second kappa shape index (κ2) is 9.48. The fraction of sp³-hybridized carbons (Fsp3) is 0.500. The van der Waals surface area contributed by atoms with Gasteiger partial charge in [-0.25, -0.2) is 8.42 Å². The molecule has 1 N–H and O–H groups in total.